The standard InChI is InChI=1S/C19H30N2O/c1-14-6-7-16(12-20-14)19(4,5)21-11-9-15(13-21)17-8-10-18(2,3)22-17/h6-7,12,15,17H,8-11,13H2,1-5H3. The number of hydrogen-bond donors (Lipinski definition) is 0. The minimum atomic E-state index is 0.0452. The summed E-state index contributed by atoms with van der Waals surface area (Å²) in [4.78, 5) is 7.09. The van der Waals surface area contributed by atoms with E-state index in [1.807, 2.05) is 13.1 Å². The first-order valence-electron chi connectivity index (χ1n) is 8.64. The van der Waals surface area contributed by atoms with Crippen LogP contribution in [0.4, 0.5) is 0 Å². The number of likely N-dealkylation sites (tertiary alicyclic amines) is 1. The summed E-state index contributed by atoms with van der Waals surface area (Å²) in [5.41, 5.74) is 2.52. The predicted molar refractivity (Wildman–Crippen MR) is 89.9 cm³/mol. The highest BCUT2D eigenvalue weighted by molar-refractivity contribution is 5.21. The van der Waals surface area contributed by atoms with Gasteiger partial charge in [0.25, 0.3) is 0 Å². The van der Waals surface area contributed by atoms with Crippen LogP contribution in [0.3, 0.4) is 0 Å². The van der Waals surface area contributed by atoms with E-state index in [1.165, 1.54) is 24.8 Å². The van der Waals surface area contributed by atoms with E-state index < -0.39 is 0 Å². The van der Waals surface area contributed by atoms with Gasteiger partial charge in [-0.05, 0) is 78.0 Å². The van der Waals surface area contributed by atoms with Crippen LogP contribution in [0.1, 0.15) is 58.2 Å². The monoisotopic (exact) mass is 302 g/mol. The van der Waals surface area contributed by atoms with E-state index in [9.17, 15) is 0 Å². The van der Waals surface area contributed by atoms with Crippen LogP contribution in [-0.2, 0) is 10.3 Å². The molecule has 0 spiro atoms. The highest BCUT2D eigenvalue weighted by Gasteiger charge is 2.42. The summed E-state index contributed by atoms with van der Waals surface area (Å²) in [6, 6.07) is 4.35. The summed E-state index contributed by atoms with van der Waals surface area (Å²) in [7, 11) is 0. The lowest BCUT2D eigenvalue weighted by molar-refractivity contribution is -0.0401. The van der Waals surface area contributed by atoms with E-state index in [1.54, 1.807) is 0 Å². The third-order valence-electron chi connectivity index (χ3n) is 5.66. The summed E-state index contributed by atoms with van der Waals surface area (Å²) in [6.45, 7) is 13.4. The molecule has 0 N–H and O–H groups in total. The third kappa shape index (κ3) is 3.07. The zero-order valence-electron chi connectivity index (χ0n) is 14.7. The molecule has 0 bridgehead atoms. The van der Waals surface area contributed by atoms with Crippen LogP contribution in [0, 0.1) is 12.8 Å². The topological polar surface area (TPSA) is 25.4 Å². The molecule has 22 heavy (non-hydrogen) atoms. The van der Waals surface area contributed by atoms with Gasteiger partial charge in [0, 0.05) is 24.0 Å². The van der Waals surface area contributed by atoms with Gasteiger partial charge in [0.15, 0.2) is 0 Å². The lowest BCUT2D eigenvalue weighted by Gasteiger charge is -2.36. The maximum Gasteiger partial charge on any atom is 0.0631 e. The Kier molecular flexibility index (Phi) is 4.07. The summed E-state index contributed by atoms with van der Waals surface area (Å²) < 4.78 is 6.28. The van der Waals surface area contributed by atoms with E-state index in [0.717, 1.165) is 18.8 Å². The van der Waals surface area contributed by atoms with Crippen molar-refractivity contribution in [3.8, 4) is 0 Å². The predicted octanol–water partition coefficient (Wildman–Crippen LogP) is 3.90. The third-order valence-corrected chi connectivity index (χ3v) is 5.66. The Morgan fingerprint density at radius 2 is 2.05 bits per heavy atom. The molecule has 0 amide bonds. The Hall–Kier alpha value is -0.930. The normalized spacial score (nSPS) is 29.1. The Balaban J connectivity index is 1.68. The highest BCUT2D eigenvalue weighted by Crippen LogP contribution is 2.39. The van der Waals surface area contributed by atoms with Crippen molar-refractivity contribution in [2.45, 2.75) is 71.1 Å². The van der Waals surface area contributed by atoms with Gasteiger partial charge in [-0.25, -0.2) is 0 Å². The summed E-state index contributed by atoms with van der Waals surface area (Å²) in [5, 5.41) is 0. The Morgan fingerprint density at radius 3 is 2.64 bits per heavy atom. The molecular weight excluding hydrogens is 272 g/mol. The number of pyridine rings is 1. The molecule has 1 aromatic rings. The Labute approximate surface area is 135 Å². The smallest absolute Gasteiger partial charge is 0.0631 e. The fourth-order valence-corrected chi connectivity index (χ4v) is 3.96. The van der Waals surface area contributed by atoms with Gasteiger partial charge in [0.05, 0.1) is 11.7 Å². The van der Waals surface area contributed by atoms with Crippen LogP contribution < -0.4 is 0 Å². The van der Waals surface area contributed by atoms with Gasteiger partial charge in [0.1, 0.15) is 0 Å². The van der Waals surface area contributed by atoms with E-state index >= 15 is 0 Å². The van der Waals surface area contributed by atoms with Crippen LogP contribution >= 0.6 is 0 Å². The lowest BCUT2D eigenvalue weighted by Crippen LogP contribution is -2.41. The van der Waals surface area contributed by atoms with E-state index in [-0.39, 0.29) is 11.1 Å². The molecular formula is C19H30N2O. The zero-order valence-corrected chi connectivity index (χ0v) is 14.7. The van der Waals surface area contributed by atoms with Gasteiger partial charge in [-0.3, -0.25) is 9.88 Å². The van der Waals surface area contributed by atoms with Crippen LogP contribution in [0.5, 0.6) is 0 Å². The first kappa shape index (κ1) is 15.9. The molecule has 0 aromatic carbocycles. The van der Waals surface area contributed by atoms with Gasteiger partial charge in [0.2, 0.25) is 0 Å². The van der Waals surface area contributed by atoms with E-state index in [0.29, 0.717) is 12.0 Å². The van der Waals surface area contributed by atoms with Crippen molar-refractivity contribution in [2.24, 2.45) is 5.92 Å². The molecule has 3 nitrogen and oxygen atoms in total. The molecule has 122 valence electrons. The van der Waals surface area contributed by atoms with Gasteiger partial charge in [-0.2, -0.15) is 0 Å². The second-order valence-electron chi connectivity index (χ2n) is 8.20. The molecule has 0 radical (unpaired) electrons. The summed E-state index contributed by atoms with van der Waals surface area (Å²) in [6.07, 6.45) is 6.16. The molecule has 0 aliphatic carbocycles. The molecule has 3 rings (SSSR count). The number of aromatic nitrogens is 1. The zero-order chi connectivity index (χ0) is 16.0. The van der Waals surface area contributed by atoms with Gasteiger partial charge >= 0.3 is 0 Å². The Morgan fingerprint density at radius 1 is 1.27 bits per heavy atom. The number of aryl methyl sites for hydroxylation is 1. The second-order valence-corrected chi connectivity index (χ2v) is 8.20. The van der Waals surface area contributed by atoms with Crippen molar-refractivity contribution in [1.82, 2.24) is 9.88 Å². The van der Waals surface area contributed by atoms with Gasteiger partial charge in [-0.1, -0.05) is 6.07 Å². The molecule has 2 atom stereocenters. The largest absolute Gasteiger partial charge is 0.372 e. The van der Waals surface area contributed by atoms with Gasteiger partial charge in [-0.15, -0.1) is 0 Å². The van der Waals surface area contributed by atoms with Crippen LogP contribution in [0.15, 0.2) is 18.3 Å². The molecule has 2 aliphatic rings. The van der Waals surface area contributed by atoms with Crippen LogP contribution in [0.25, 0.3) is 0 Å². The SMILES string of the molecule is Cc1ccc(C(C)(C)N2CCC(C3CCC(C)(C)O3)C2)cn1. The maximum atomic E-state index is 6.28. The highest BCUT2D eigenvalue weighted by atomic mass is 16.5. The van der Waals surface area contributed by atoms with Crippen molar-refractivity contribution in [3.63, 3.8) is 0 Å². The minimum Gasteiger partial charge on any atom is -0.372 e. The van der Waals surface area contributed by atoms with Crippen LogP contribution in [0.2, 0.25) is 0 Å². The molecule has 2 unspecified atom stereocenters. The summed E-state index contributed by atoms with van der Waals surface area (Å²) in [5.74, 6) is 0.680. The fraction of sp³-hybridized carbons (Fsp3) is 0.737. The number of nitrogens with zero attached hydrogens (tertiary/aromatic N) is 2. The molecule has 3 heterocycles. The number of ether oxygens (including phenoxy) is 1. The van der Waals surface area contributed by atoms with Crippen LogP contribution in [-0.4, -0.2) is 34.7 Å². The van der Waals surface area contributed by atoms with Crippen molar-refractivity contribution < 1.29 is 4.74 Å². The fourth-order valence-electron chi connectivity index (χ4n) is 3.96. The van der Waals surface area contributed by atoms with Crippen molar-refractivity contribution in [2.75, 3.05) is 13.1 Å². The molecule has 1 aromatic heterocycles. The van der Waals surface area contributed by atoms with Crippen molar-refractivity contribution in [3.05, 3.63) is 29.6 Å². The Bertz CT molecular complexity index is 521. The van der Waals surface area contributed by atoms with E-state index in [2.05, 4.69) is 49.7 Å². The molecule has 3 heteroatoms. The van der Waals surface area contributed by atoms with E-state index in [4.69, 9.17) is 4.74 Å². The maximum absolute atomic E-state index is 6.28. The van der Waals surface area contributed by atoms with Gasteiger partial charge < -0.3 is 4.74 Å². The first-order valence-corrected chi connectivity index (χ1v) is 8.64. The van der Waals surface area contributed by atoms with Crippen molar-refractivity contribution in [1.29, 1.82) is 0 Å². The molecule has 2 fully saturated rings. The molecule has 0 saturated carbocycles. The lowest BCUT2D eigenvalue weighted by atomic mass is 9.93. The minimum absolute atomic E-state index is 0.0452. The number of rotatable bonds is 3. The quantitative estimate of drug-likeness (QED) is 0.846. The summed E-state index contributed by atoms with van der Waals surface area (Å²) >= 11 is 0. The first-order chi connectivity index (χ1) is 10.3. The average molecular weight is 302 g/mol. The second kappa shape index (κ2) is 5.61. The number of hydrogen-bond acceptors (Lipinski definition) is 3. The molecule has 2 saturated heterocycles. The molecule has 2 aliphatic heterocycles. The van der Waals surface area contributed by atoms with Crippen molar-refractivity contribution >= 4 is 0 Å². The average Bonchev–Trinajstić information content (AvgIpc) is 3.06.